The summed E-state index contributed by atoms with van der Waals surface area (Å²) in [5.74, 6) is 0.0556. The SMILES string of the molecule is CSc1ccc(C2CC(=O)C(Br)C(=O)C2)cc1. The maximum Gasteiger partial charge on any atom is 0.154 e. The zero-order valence-corrected chi connectivity index (χ0v) is 11.9. The summed E-state index contributed by atoms with van der Waals surface area (Å²) in [6.45, 7) is 0. The standard InChI is InChI=1S/C13H13BrO2S/c1-17-10-4-2-8(3-5-10)9-6-11(15)13(14)12(16)7-9/h2-5,9,13H,6-7H2,1H3. The lowest BCUT2D eigenvalue weighted by Crippen LogP contribution is -2.32. The van der Waals surface area contributed by atoms with Gasteiger partial charge in [0.05, 0.1) is 0 Å². The first-order chi connectivity index (χ1) is 8.11. The minimum Gasteiger partial charge on any atom is -0.298 e. The Balaban J connectivity index is 2.17. The van der Waals surface area contributed by atoms with Crippen LogP contribution in [0.4, 0.5) is 0 Å². The van der Waals surface area contributed by atoms with Crippen molar-refractivity contribution in [2.75, 3.05) is 6.26 Å². The molecule has 0 heterocycles. The summed E-state index contributed by atoms with van der Waals surface area (Å²) in [5.41, 5.74) is 1.09. The van der Waals surface area contributed by atoms with Gasteiger partial charge in [0, 0.05) is 17.7 Å². The molecular formula is C13H13BrO2S. The van der Waals surface area contributed by atoms with Crippen LogP contribution in [0.15, 0.2) is 29.2 Å². The summed E-state index contributed by atoms with van der Waals surface area (Å²) in [4.78, 5) is 23.9. The molecule has 1 aliphatic carbocycles. The van der Waals surface area contributed by atoms with E-state index in [1.807, 2.05) is 30.5 Å². The second-order valence-electron chi connectivity index (χ2n) is 4.17. The Bertz CT molecular complexity index is 423. The number of thioether (sulfide) groups is 1. The lowest BCUT2D eigenvalue weighted by atomic mass is 9.83. The lowest BCUT2D eigenvalue weighted by molar-refractivity contribution is -0.129. The van der Waals surface area contributed by atoms with E-state index in [0.29, 0.717) is 12.8 Å². The van der Waals surface area contributed by atoms with Gasteiger partial charge in [-0.1, -0.05) is 28.1 Å². The summed E-state index contributed by atoms with van der Waals surface area (Å²) in [7, 11) is 0. The Morgan fingerprint density at radius 2 is 1.65 bits per heavy atom. The molecule has 0 amide bonds. The van der Waals surface area contributed by atoms with Gasteiger partial charge < -0.3 is 0 Å². The van der Waals surface area contributed by atoms with Crippen molar-refractivity contribution in [2.24, 2.45) is 0 Å². The van der Waals surface area contributed by atoms with Gasteiger partial charge in [0.2, 0.25) is 0 Å². The molecule has 0 unspecified atom stereocenters. The van der Waals surface area contributed by atoms with E-state index < -0.39 is 4.83 Å². The molecule has 0 saturated heterocycles. The van der Waals surface area contributed by atoms with Crippen molar-refractivity contribution in [2.45, 2.75) is 28.5 Å². The first-order valence-corrected chi connectivity index (χ1v) is 7.59. The van der Waals surface area contributed by atoms with E-state index in [0.717, 1.165) is 5.56 Å². The molecule has 2 rings (SSSR count). The minimum absolute atomic E-state index is 0.000179. The zero-order chi connectivity index (χ0) is 12.4. The van der Waals surface area contributed by atoms with Crippen molar-refractivity contribution < 1.29 is 9.59 Å². The predicted octanol–water partition coefficient (Wildman–Crippen LogP) is 3.19. The molecule has 4 heteroatoms. The number of Topliss-reactive ketones (excluding diaryl/α,β-unsaturated/α-hetero) is 2. The van der Waals surface area contributed by atoms with E-state index in [2.05, 4.69) is 15.9 Å². The zero-order valence-electron chi connectivity index (χ0n) is 9.48. The average Bonchev–Trinajstić information content (AvgIpc) is 2.35. The molecule has 0 spiro atoms. The quantitative estimate of drug-likeness (QED) is 0.478. The number of halogens is 1. The average molecular weight is 313 g/mol. The van der Waals surface area contributed by atoms with Crippen molar-refractivity contribution in [3.63, 3.8) is 0 Å². The van der Waals surface area contributed by atoms with Crippen LogP contribution in [-0.4, -0.2) is 22.6 Å². The van der Waals surface area contributed by atoms with Crippen LogP contribution in [0.3, 0.4) is 0 Å². The summed E-state index contributed by atoms with van der Waals surface area (Å²) in [6, 6.07) is 8.11. The highest BCUT2D eigenvalue weighted by atomic mass is 79.9. The topological polar surface area (TPSA) is 34.1 Å². The number of hydrogen-bond acceptors (Lipinski definition) is 3. The number of benzene rings is 1. The van der Waals surface area contributed by atoms with E-state index in [1.54, 1.807) is 11.8 Å². The molecule has 0 aromatic heterocycles. The van der Waals surface area contributed by atoms with Gasteiger partial charge in [-0.05, 0) is 29.9 Å². The van der Waals surface area contributed by atoms with Crippen molar-refractivity contribution in [1.29, 1.82) is 0 Å². The molecule has 1 aliphatic rings. The van der Waals surface area contributed by atoms with E-state index in [1.165, 1.54) is 4.90 Å². The third-order valence-corrected chi connectivity index (χ3v) is 4.81. The fourth-order valence-corrected chi connectivity index (χ4v) is 2.84. The highest BCUT2D eigenvalue weighted by molar-refractivity contribution is 9.10. The fraction of sp³-hybridized carbons (Fsp3) is 0.385. The van der Waals surface area contributed by atoms with Crippen LogP contribution in [0.5, 0.6) is 0 Å². The number of rotatable bonds is 2. The smallest absolute Gasteiger partial charge is 0.154 e. The number of ketones is 2. The third-order valence-electron chi connectivity index (χ3n) is 3.05. The fourth-order valence-electron chi connectivity index (χ4n) is 2.06. The predicted molar refractivity (Wildman–Crippen MR) is 72.9 cm³/mol. The molecular weight excluding hydrogens is 300 g/mol. The van der Waals surface area contributed by atoms with E-state index >= 15 is 0 Å². The molecule has 0 N–H and O–H groups in total. The Labute approximate surface area is 113 Å². The van der Waals surface area contributed by atoms with Crippen molar-refractivity contribution in [3.8, 4) is 0 Å². The van der Waals surface area contributed by atoms with E-state index in [-0.39, 0.29) is 17.5 Å². The molecule has 0 atom stereocenters. The van der Waals surface area contributed by atoms with Crippen LogP contribution in [-0.2, 0) is 9.59 Å². The van der Waals surface area contributed by atoms with Gasteiger partial charge in [-0.3, -0.25) is 9.59 Å². The van der Waals surface area contributed by atoms with Crippen molar-refractivity contribution in [1.82, 2.24) is 0 Å². The summed E-state index contributed by atoms with van der Waals surface area (Å²) in [6.07, 6.45) is 2.94. The van der Waals surface area contributed by atoms with Gasteiger partial charge >= 0.3 is 0 Å². The second kappa shape index (κ2) is 5.36. The Hall–Kier alpha value is -0.610. The maximum atomic E-state index is 11.6. The third kappa shape index (κ3) is 2.80. The van der Waals surface area contributed by atoms with E-state index in [4.69, 9.17) is 0 Å². The van der Waals surface area contributed by atoms with Crippen LogP contribution >= 0.6 is 27.7 Å². The second-order valence-corrected chi connectivity index (χ2v) is 5.97. The van der Waals surface area contributed by atoms with Crippen LogP contribution in [0.2, 0.25) is 0 Å². The van der Waals surface area contributed by atoms with Gasteiger partial charge in [0.1, 0.15) is 4.83 Å². The number of carbonyl (C=O) groups excluding carboxylic acids is 2. The Morgan fingerprint density at radius 3 is 2.12 bits per heavy atom. The molecule has 1 aromatic rings. The van der Waals surface area contributed by atoms with Gasteiger partial charge in [-0.2, -0.15) is 0 Å². The Morgan fingerprint density at radius 1 is 1.12 bits per heavy atom. The summed E-state index contributed by atoms with van der Waals surface area (Å²) >= 11 is 4.82. The number of alkyl halides is 1. The van der Waals surface area contributed by atoms with Crippen molar-refractivity contribution in [3.05, 3.63) is 29.8 Å². The van der Waals surface area contributed by atoms with Crippen LogP contribution in [0.25, 0.3) is 0 Å². The molecule has 2 nitrogen and oxygen atoms in total. The van der Waals surface area contributed by atoms with E-state index in [9.17, 15) is 9.59 Å². The molecule has 1 aromatic carbocycles. The van der Waals surface area contributed by atoms with Gasteiger partial charge in [-0.15, -0.1) is 11.8 Å². The monoisotopic (exact) mass is 312 g/mol. The molecule has 17 heavy (non-hydrogen) atoms. The highest BCUT2D eigenvalue weighted by Gasteiger charge is 2.33. The van der Waals surface area contributed by atoms with Gasteiger partial charge in [-0.25, -0.2) is 0 Å². The summed E-state index contributed by atoms with van der Waals surface area (Å²) in [5, 5.41) is 0. The largest absolute Gasteiger partial charge is 0.298 e. The molecule has 90 valence electrons. The lowest BCUT2D eigenvalue weighted by Gasteiger charge is -2.23. The van der Waals surface area contributed by atoms with Crippen LogP contribution in [0, 0.1) is 0 Å². The molecule has 0 radical (unpaired) electrons. The number of carbonyl (C=O) groups is 2. The van der Waals surface area contributed by atoms with Crippen molar-refractivity contribution >= 4 is 39.3 Å². The first kappa shape index (κ1) is 12.8. The van der Waals surface area contributed by atoms with Gasteiger partial charge in [0.15, 0.2) is 11.6 Å². The normalized spacial score (nSPS) is 25.1. The number of hydrogen-bond donors (Lipinski definition) is 0. The highest BCUT2D eigenvalue weighted by Crippen LogP contribution is 2.32. The van der Waals surface area contributed by atoms with Crippen LogP contribution in [0.1, 0.15) is 24.3 Å². The van der Waals surface area contributed by atoms with Crippen LogP contribution < -0.4 is 0 Å². The first-order valence-electron chi connectivity index (χ1n) is 5.45. The maximum absolute atomic E-state index is 11.6. The molecule has 0 bridgehead atoms. The molecule has 1 fully saturated rings. The summed E-state index contributed by atoms with van der Waals surface area (Å²) < 4.78 is 0. The van der Waals surface area contributed by atoms with Gasteiger partial charge in [0.25, 0.3) is 0 Å². The molecule has 1 saturated carbocycles. The molecule has 0 aliphatic heterocycles. The Kier molecular flexibility index (Phi) is 4.05. The minimum atomic E-state index is -0.579.